The molecule has 0 aromatic carbocycles. The Morgan fingerprint density at radius 1 is 1.07 bits per heavy atom. The zero-order valence-corrected chi connectivity index (χ0v) is 10.6. The second-order valence-corrected chi connectivity index (χ2v) is 5.50. The van der Waals surface area contributed by atoms with Crippen LogP contribution in [0.2, 0.25) is 0 Å². The molecule has 3 unspecified atom stereocenters. The number of unbranched alkanes of at least 4 members (excludes halogenated alkanes) is 1. The number of hydrogen-bond acceptors (Lipinski definition) is 0. The topological polar surface area (TPSA) is 0 Å². The molecule has 0 saturated heterocycles. The maximum atomic E-state index is 2.44. The molecular weight excluding hydrogens is 168 g/mol. The summed E-state index contributed by atoms with van der Waals surface area (Å²) in [6, 6.07) is 0. The minimum atomic E-state index is 0.982. The first kappa shape index (κ1) is 12.1. The van der Waals surface area contributed by atoms with Crippen LogP contribution in [-0.2, 0) is 0 Å². The monoisotopic (exact) mass is 196 g/mol. The first-order chi connectivity index (χ1) is 6.69. The summed E-state index contributed by atoms with van der Waals surface area (Å²) in [5.41, 5.74) is 0. The molecule has 0 spiro atoms. The third-order valence-electron chi connectivity index (χ3n) is 4.44. The van der Waals surface area contributed by atoms with Crippen LogP contribution >= 0.6 is 0 Å². The number of rotatable bonds is 5. The van der Waals surface area contributed by atoms with Gasteiger partial charge in [0.2, 0.25) is 0 Å². The second kappa shape index (κ2) is 5.78. The quantitative estimate of drug-likeness (QED) is 0.587. The largest absolute Gasteiger partial charge is 0.0654 e. The lowest BCUT2D eigenvalue weighted by Crippen LogP contribution is -2.11. The van der Waals surface area contributed by atoms with Crippen LogP contribution in [0.25, 0.3) is 0 Å². The van der Waals surface area contributed by atoms with Gasteiger partial charge in [-0.1, -0.05) is 53.4 Å². The van der Waals surface area contributed by atoms with E-state index in [4.69, 9.17) is 0 Å². The zero-order valence-electron chi connectivity index (χ0n) is 10.6. The van der Waals surface area contributed by atoms with Crippen molar-refractivity contribution < 1.29 is 0 Å². The van der Waals surface area contributed by atoms with E-state index in [1.807, 2.05) is 0 Å². The fourth-order valence-corrected chi connectivity index (χ4v) is 3.14. The first-order valence-corrected chi connectivity index (χ1v) is 6.69. The van der Waals surface area contributed by atoms with Gasteiger partial charge in [-0.3, -0.25) is 0 Å². The molecule has 1 saturated carbocycles. The van der Waals surface area contributed by atoms with Gasteiger partial charge in [0.15, 0.2) is 0 Å². The zero-order chi connectivity index (χ0) is 10.6. The van der Waals surface area contributed by atoms with E-state index in [0.717, 1.165) is 23.7 Å². The predicted molar refractivity (Wildman–Crippen MR) is 64.4 cm³/mol. The van der Waals surface area contributed by atoms with Crippen LogP contribution in [0.3, 0.4) is 0 Å². The Kier molecular flexibility index (Phi) is 4.98. The highest BCUT2D eigenvalue weighted by molar-refractivity contribution is 4.82. The summed E-state index contributed by atoms with van der Waals surface area (Å²) in [5, 5.41) is 0. The minimum absolute atomic E-state index is 0.982. The van der Waals surface area contributed by atoms with Crippen molar-refractivity contribution in [3.63, 3.8) is 0 Å². The Balaban J connectivity index is 2.37. The molecule has 0 aromatic rings. The van der Waals surface area contributed by atoms with Crippen LogP contribution in [0.4, 0.5) is 0 Å². The highest BCUT2D eigenvalue weighted by Gasteiger charge is 2.32. The van der Waals surface area contributed by atoms with Gasteiger partial charge in [-0.15, -0.1) is 0 Å². The summed E-state index contributed by atoms with van der Waals surface area (Å²) in [5.74, 6) is 4.05. The summed E-state index contributed by atoms with van der Waals surface area (Å²) in [6.45, 7) is 9.58. The molecule has 0 N–H and O–H groups in total. The smallest absolute Gasteiger partial charge is 0.0381 e. The standard InChI is InChI=1S/C14H28/c1-5-7-8-13(6-2)14-9-11(3)12(4)10-14/h11-14H,5-10H2,1-4H3. The van der Waals surface area contributed by atoms with E-state index < -0.39 is 0 Å². The van der Waals surface area contributed by atoms with Gasteiger partial charge in [0.1, 0.15) is 0 Å². The molecule has 1 rings (SSSR count). The highest BCUT2D eigenvalue weighted by atomic mass is 14.4. The van der Waals surface area contributed by atoms with E-state index in [1.54, 1.807) is 0 Å². The van der Waals surface area contributed by atoms with Crippen LogP contribution in [0.1, 0.15) is 66.2 Å². The molecule has 0 aromatic heterocycles. The van der Waals surface area contributed by atoms with E-state index >= 15 is 0 Å². The maximum Gasteiger partial charge on any atom is -0.0381 e. The van der Waals surface area contributed by atoms with Crippen LogP contribution in [0, 0.1) is 23.7 Å². The molecule has 0 heteroatoms. The Morgan fingerprint density at radius 3 is 2.07 bits per heavy atom. The summed E-state index contributed by atoms with van der Waals surface area (Å²) < 4.78 is 0. The average Bonchev–Trinajstić information content (AvgIpc) is 2.48. The molecule has 0 nitrogen and oxygen atoms in total. The van der Waals surface area contributed by atoms with Crippen molar-refractivity contribution in [2.45, 2.75) is 66.2 Å². The van der Waals surface area contributed by atoms with Gasteiger partial charge in [0.25, 0.3) is 0 Å². The summed E-state index contributed by atoms with van der Waals surface area (Å²) in [7, 11) is 0. The third kappa shape index (κ3) is 3.00. The summed E-state index contributed by atoms with van der Waals surface area (Å²) >= 11 is 0. The van der Waals surface area contributed by atoms with Crippen molar-refractivity contribution in [3.8, 4) is 0 Å². The molecule has 14 heavy (non-hydrogen) atoms. The Labute approximate surface area is 90.5 Å². The van der Waals surface area contributed by atoms with Gasteiger partial charge >= 0.3 is 0 Å². The van der Waals surface area contributed by atoms with Gasteiger partial charge in [0.05, 0.1) is 0 Å². The minimum Gasteiger partial charge on any atom is -0.0654 e. The van der Waals surface area contributed by atoms with Crippen LogP contribution < -0.4 is 0 Å². The molecule has 0 radical (unpaired) electrons. The van der Waals surface area contributed by atoms with Crippen molar-refractivity contribution in [3.05, 3.63) is 0 Å². The normalized spacial score (nSPS) is 34.7. The average molecular weight is 196 g/mol. The molecule has 0 aliphatic heterocycles. The molecule has 0 bridgehead atoms. The van der Waals surface area contributed by atoms with Crippen molar-refractivity contribution >= 4 is 0 Å². The highest BCUT2D eigenvalue weighted by Crippen LogP contribution is 2.42. The predicted octanol–water partition coefficient (Wildman–Crippen LogP) is 4.89. The van der Waals surface area contributed by atoms with E-state index in [2.05, 4.69) is 27.7 Å². The molecule has 0 amide bonds. The van der Waals surface area contributed by atoms with Crippen molar-refractivity contribution in [1.82, 2.24) is 0 Å². The molecular formula is C14H28. The van der Waals surface area contributed by atoms with E-state index in [9.17, 15) is 0 Å². The van der Waals surface area contributed by atoms with Crippen molar-refractivity contribution in [2.75, 3.05) is 0 Å². The van der Waals surface area contributed by atoms with Crippen LogP contribution in [0.15, 0.2) is 0 Å². The number of hydrogen-bond donors (Lipinski definition) is 0. The Bertz CT molecular complexity index is 140. The van der Waals surface area contributed by atoms with Crippen molar-refractivity contribution in [1.29, 1.82) is 0 Å². The summed E-state index contributed by atoms with van der Waals surface area (Å²) in [6.07, 6.45) is 8.71. The van der Waals surface area contributed by atoms with E-state index in [0.29, 0.717) is 0 Å². The van der Waals surface area contributed by atoms with Gasteiger partial charge in [-0.2, -0.15) is 0 Å². The van der Waals surface area contributed by atoms with Gasteiger partial charge < -0.3 is 0 Å². The molecule has 1 aliphatic rings. The van der Waals surface area contributed by atoms with E-state index in [-0.39, 0.29) is 0 Å². The third-order valence-corrected chi connectivity index (χ3v) is 4.44. The maximum absolute atomic E-state index is 2.44. The van der Waals surface area contributed by atoms with Gasteiger partial charge in [-0.05, 0) is 36.5 Å². The van der Waals surface area contributed by atoms with Gasteiger partial charge in [0, 0.05) is 0 Å². The summed E-state index contributed by atoms with van der Waals surface area (Å²) in [4.78, 5) is 0. The van der Waals surface area contributed by atoms with E-state index in [1.165, 1.54) is 38.5 Å². The lowest BCUT2D eigenvalue weighted by molar-refractivity contribution is 0.293. The molecule has 1 fully saturated rings. The van der Waals surface area contributed by atoms with Crippen molar-refractivity contribution in [2.24, 2.45) is 23.7 Å². The van der Waals surface area contributed by atoms with Crippen LogP contribution in [0.5, 0.6) is 0 Å². The van der Waals surface area contributed by atoms with Crippen LogP contribution in [-0.4, -0.2) is 0 Å². The molecule has 0 heterocycles. The fraction of sp³-hybridized carbons (Fsp3) is 1.00. The molecule has 84 valence electrons. The molecule has 3 atom stereocenters. The lowest BCUT2D eigenvalue weighted by Gasteiger charge is -2.22. The second-order valence-electron chi connectivity index (χ2n) is 5.50. The Hall–Kier alpha value is 0. The Morgan fingerprint density at radius 2 is 1.64 bits per heavy atom. The first-order valence-electron chi connectivity index (χ1n) is 6.69. The SMILES string of the molecule is CCCCC(CC)C1CC(C)C(C)C1. The van der Waals surface area contributed by atoms with Gasteiger partial charge in [-0.25, -0.2) is 0 Å². The fourth-order valence-electron chi connectivity index (χ4n) is 3.14. The lowest BCUT2D eigenvalue weighted by atomic mass is 9.84. The molecule has 1 aliphatic carbocycles.